The number of nitrogens with one attached hydrogen (secondary N) is 1. The van der Waals surface area contributed by atoms with E-state index in [0.29, 0.717) is 25.1 Å². The summed E-state index contributed by atoms with van der Waals surface area (Å²) in [7, 11) is 0. The summed E-state index contributed by atoms with van der Waals surface area (Å²) in [5, 5.41) is 3.12. The zero-order chi connectivity index (χ0) is 19.4. The highest BCUT2D eigenvalue weighted by Gasteiger charge is 2.24. The van der Waals surface area contributed by atoms with Crippen molar-refractivity contribution < 1.29 is 9.59 Å². The third-order valence-corrected chi connectivity index (χ3v) is 5.75. The van der Waals surface area contributed by atoms with Crippen LogP contribution in [0.2, 0.25) is 0 Å². The standard InChI is InChI=1S/C22H25BrN2O2/c1-15-3-6-18(13-16(15)2)22(27)24-20-9-11-25(12-10-20)21(26)14-17-4-7-19(23)8-5-17/h3-8,13,20H,9-12,14H2,1-2H3,(H,24,27). The van der Waals surface area contributed by atoms with Crippen LogP contribution < -0.4 is 5.32 Å². The van der Waals surface area contributed by atoms with Gasteiger partial charge >= 0.3 is 0 Å². The number of nitrogens with zero attached hydrogens (tertiary/aromatic N) is 1. The normalized spacial score (nSPS) is 14.9. The Labute approximate surface area is 169 Å². The number of amides is 2. The number of hydrogen-bond donors (Lipinski definition) is 1. The molecule has 3 rings (SSSR count). The third kappa shape index (κ3) is 5.19. The smallest absolute Gasteiger partial charge is 0.251 e. The fraction of sp³-hybridized carbons (Fsp3) is 0.364. The number of piperidine rings is 1. The molecule has 1 N–H and O–H groups in total. The molecule has 0 bridgehead atoms. The molecular weight excluding hydrogens is 404 g/mol. The van der Waals surface area contributed by atoms with Crippen molar-refractivity contribution in [1.29, 1.82) is 0 Å². The Morgan fingerprint density at radius 1 is 1.04 bits per heavy atom. The molecule has 1 aliphatic rings. The fourth-order valence-corrected chi connectivity index (χ4v) is 3.58. The highest BCUT2D eigenvalue weighted by Crippen LogP contribution is 2.16. The van der Waals surface area contributed by atoms with Crippen LogP contribution in [0.15, 0.2) is 46.9 Å². The predicted octanol–water partition coefficient (Wildman–Crippen LogP) is 4.03. The van der Waals surface area contributed by atoms with Gasteiger partial charge in [0.2, 0.25) is 5.91 Å². The van der Waals surface area contributed by atoms with Gasteiger partial charge in [0, 0.05) is 29.2 Å². The number of aryl methyl sites for hydroxylation is 2. The van der Waals surface area contributed by atoms with E-state index < -0.39 is 0 Å². The molecule has 2 amide bonds. The van der Waals surface area contributed by atoms with Gasteiger partial charge in [-0.2, -0.15) is 0 Å². The number of halogens is 1. The second-order valence-electron chi connectivity index (χ2n) is 7.23. The van der Waals surface area contributed by atoms with E-state index >= 15 is 0 Å². The van der Waals surface area contributed by atoms with E-state index in [1.807, 2.05) is 61.2 Å². The topological polar surface area (TPSA) is 49.4 Å². The monoisotopic (exact) mass is 428 g/mol. The zero-order valence-electron chi connectivity index (χ0n) is 15.8. The van der Waals surface area contributed by atoms with Crippen molar-refractivity contribution in [2.45, 2.75) is 39.2 Å². The Kier molecular flexibility index (Phi) is 6.32. The largest absolute Gasteiger partial charge is 0.349 e. The number of benzene rings is 2. The van der Waals surface area contributed by atoms with Gasteiger partial charge < -0.3 is 10.2 Å². The number of carbonyl (C=O) groups excluding carboxylic acids is 2. The molecule has 1 saturated heterocycles. The van der Waals surface area contributed by atoms with Gasteiger partial charge in [-0.25, -0.2) is 0 Å². The van der Waals surface area contributed by atoms with Gasteiger partial charge in [-0.05, 0) is 67.6 Å². The highest BCUT2D eigenvalue weighted by molar-refractivity contribution is 9.10. The number of rotatable bonds is 4. The molecule has 5 heteroatoms. The Morgan fingerprint density at radius 2 is 1.70 bits per heavy atom. The molecule has 0 unspecified atom stereocenters. The second-order valence-corrected chi connectivity index (χ2v) is 8.15. The van der Waals surface area contributed by atoms with Gasteiger partial charge in [0.1, 0.15) is 0 Å². The van der Waals surface area contributed by atoms with Crippen molar-refractivity contribution in [2.75, 3.05) is 13.1 Å². The minimum Gasteiger partial charge on any atom is -0.349 e. The average molecular weight is 429 g/mol. The van der Waals surface area contributed by atoms with Gasteiger partial charge in [0.25, 0.3) is 5.91 Å². The molecule has 0 aromatic heterocycles. The first-order chi connectivity index (χ1) is 12.9. The van der Waals surface area contributed by atoms with Crippen LogP contribution in [0.1, 0.15) is 39.9 Å². The van der Waals surface area contributed by atoms with Crippen LogP contribution in [0, 0.1) is 13.8 Å². The van der Waals surface area contributed by atoms with Crippen LogP contribution in [0.4, 0.5) is 0 Å². The molecule has 1 fully saturated rings. The lowest BCUT2D eigenvalue weighted by Crippen LogP contribution is -2.47. The summed E-state index contributed by atoms with van der Waals surface area (Å²) < 4.78 is 1.01. The fourth-order valence-electron chi connectivity index (χ4n) is 3.31. The van der Waals surface area contributed by atoms with Crippen molar-refractivity contribution in [3.05, 3.63) is 69.2 Å². The van der Waals surface area contributed by atoms with Crippen molar-refractivity contribution in [2.24, 2.45) is 0 Å². The molecule has 27 heavy (non-hydrogen) atoms. The third-order valence-electron chi connectivity index (χ3n) is 5.22. The van der Waals surface area contributed by atoms with E-state index in [1.165, 1.54) is 5.56 Å². The van der Waals surface area contributed by atoms with Gasteiger partial charge in [0.05, 0.1) is 6.42 Å². The lowest BCUT2D eigenvalue weighted by Gasteiger charge is -2.32. The van der Waals surface area contributed by atoms with Crippen LogP contribution >= 0.6 is 15.9 Å². The molecule has 1 heterocycles. The minimum absolute atomic E-state index is 0.0299. The first-order valence-corrected chi connectivity index (χ1v) is 10.1. The van der Waals surface area contributed by atoms with Gasteiger partial charge in [-0.15, -0.1) is 0 Å². The van der Waals surface area contributed by atoms with Crippen LogP contribution in [-0.2, 0) is 11.2 Å². The Morgan fingerprint density at radius 3 is 2.33 bits per heavy atom. The van der Waals surface area contributed by atoms with Crippen molar-refractivity contribution in [1.82, 2.24) is 10.2 Å². The summed E-state index contributed by atoms with van der Waals surface area (Å²) in [4.78, 5) is 26.9. The first-order valence-electron chi connectivity index (χ1n) is 9.32. The van der Waals surface area contributed by atoms with Crippen LogP contribution in [0.3, 0.4) is 0 Å². The van der Waals surface area contributed by atoms with Gasteiger partial charge in [-0.1, -0.05) is 34.1 Å². The Hall–Kier alpha value is -2.14. The molecule has 2 aromatic rings. The van der Waals surface area contributed by atoms with Crippen LogP contribution in [0.25, 0.3) is 0 Å². The molecule has 2 aromatic carbocycles. The van der Waals surface area contributed by atoms with Crippen molar-refractivity contribution in [3.8, 4) is 0 Å². The lowest BCUT2D eigenvalue weighted by molar-refractivity contribution is -0.131. The molecule has 4 nitrogen and oxygen atoms in total. The molecule has 0 aliphatic carbocycles. The van der Waals surface area contributed by atoms with E-state index in [-0.39, 0.29) is 17.9 Å². The van der Waals surface area contributed by atoms with E-state index in [2.05, 4.69) is 21.2 Å². The maximum atomic E-state index is 12.5. The second kappa shape index (κ2) is 8.70. The average Bonchev–Trinajstić information content (AvgIpc) is 2.66. The van der Waals surface area contributed by atoms with Crippen LogP contribution in [-0.4, -0.2) is 35.8 Å². The Balaban J connectivity index is 1.49. The van der Waals surface area contributed by atoms with Crippen molar-refractivity contribution >= 4 is 27.7 Å². The number of carbonyl (C=O) groups is 2. The molecule has 0 saturated carbocycles. The van der Waals surface area contributed by atoms with Gasteiger partial charge in [0.15, 0.2) is 0 Å². The summed E-state index contributed by atoms with van der Waals surface area (Å²) in [5.41, 5.74) is 4.03. The quantitative estimate of drug-likeness (QED) is 0.798. The van der Waals surface area contributed by atoms with E-state index in [1.54, 1.807) is 0 Å². The number of hydrogen-bond acceptors (Lipinski definition) is 2. The van der Waals surface area contributed by atoms with Gasteiger partial charge in [-0.3, -0.25) is 9.59 Å². The molecular formula is C22H25BrN2O2. The van der Waals surface area contributed by atoms with E-state index in [0.717, 1.165) is 28.4 Å². The summed E-state index contributed by atoms with van der Waals surface area (Å²) in [6.45, 7) is 5.43. The van der Waals surface area contributed by atoms with Crippen molar-refractivity contribution in [3.63, 3.8) is 0 Å². The highest BCUT2D eigenvalue weighted by atomic mass is 79.9. The van der Waals surface area contributed by atoms with E-state index in [4.69, 9.17) is 0 Å². The maximum absolute atomic E-state index is 12.5. The summed E-state index contributed by atoms with van der Waals surface area (Å²) in [5.74, 6) is 0.119. The molecule has 0 radical (unpaired) electrons. The summed E-state index contributed by atoms with van der Waals surface area (Å²) in [6.07, 6.45) is 2.01. The molecule has 0 spiro atoms. The number of likely N-dealkylation sites (tertiary alicyclic amines) is 1. The van der Waals surface area contributed by atoms with E-state index in [9.17, 15) is 9.59 Å². The van der Waals surface area contributed by atoms with Crippen LogP contribution in [0.5, 0.6) is 0 Å². The molecule has 0 atom stereocenters. The first kappa shape index (κ1) is 19.6. The predicted molar refractivity (Wildman–Crippen MR) is 111 cm³/mol. The Bertz CT molecular complexity index is 825. The summed E-state index contributed by atoms with van der Waals surface area (Å²) in [6, 6.07) is 13.8. The minimum atomic E-state index is -0.0299. The SMILES string of the molecule is Cc1ccc(C(=O)NC2CCN(C(=O)Cc3ccc(Br)cc3)CC2)cc1C. The summed E-state index contributed by atoms with van der Waals surface area (Å²) >= 11 is 3.41. The molecule has 142 valence electrons. The zero-order valence-corrected chi connectivity index (χ0v) is 17.4. The maximum Gasteiger partial charge on any atom is 0.251 e. The molecule has 1 aliphatic heterocycles. The lowest BCUT2D eigenvalue weighted by atomic mass is 10.0.